The van der Waals surface area contributed by atoms with Gasteiger partial charge in [-0.25, -0.2) is 9.69 Å². The zero-order chi connectivity index (χ0) is 18.1. The quantitative estimate of drug-likeness (QED) is 0.652. The van der Waals surface area contributed by atoms with Gasteiger partial charge in [0.05, 0.1) is 5.69 Å². The van der Waals surface area contributed by atoms with Crippen molar-refractivity contribution in [3.05, 3.63) is 64.7 Å². The number of anilines is 1. The normalized spacial score (nSPS) is 16.3. The number of phenols is 1. The van der Waals surface area contributed by atoms with Gasteiger partial charge in [-0.1, -0.05) is 18.2 Å². The second kappa shape index (κ2) is 6.24. The summed E-state index contributed by atoms with van der Waals surface area (Å²) in [7, 11) is 0. The lowest BCUT2D eigenvalue weighted by Gasteiger charge is -2.27. The fraction of sp³-hybridized carbons (Fsp3) is 0.105. The molecule has 0 unspecified atom stereocenters. The largest absolute Gasteiger partial charge is 0.508 e. The zero-order valence-electron chi connectivity index (χ0n) is 13.7. The van der Waals surface area contributed by atoms with Gasteiger partial charge in [-0.2, -0.15) is 0 Å². The molecule has 6 heteroatoms. The lowest BCUT2D eigenvalue weighted by Crippen LogP contribution is -2.54. The van der Waals surface area contributed by atoms with E-state index in [0.717, 1.165) is 16.0 Å². The standard InChI is InChI=1S/C19H16N2O4/c1-11-6-12(2)8-14(7-11)21-18(24)16(17(23)20-19(21)25)10-13-4-3-5-15(22)9-13/h3-10,22H,1-2H3,(H,20,23,25). The van der Waals surface area contributed by atoms with Gasteiger partial charge in [0.15, 0.2) is 0 Å². The van der Waals surface area contributed by atoms with E-state index in [9.17, 15) is 19.5 Å². The summed E-state index contributed by atoms with van der Waals surface area (Å²) in [6.07, 6.45) is 1.35. The van der Waals surface area contributed by atoms with E-state index >= 15 is 0 Å². The van der Waals surface area contributed by atoms with Crippen LogP contribution in [0.5, 0.6) is 5.75 Å². The molecular weight excluding hydrogens is 320 g/mol. The first kappa shape index (κ1) is 16.4. The number of carbonyl (C=O) groups excluding carboxylic acids is 3. The maximum atomic E-state index is 12.8. The van der Waals surface area contributed by atoms with E-state index in [-0.39, 0.29) is 11.3 Å². The smallest absolute Gasteiger partial charge is 0.335 e. The minimum atomic E-state index is -0.784. The lowest BCUT2D eigenvalue weighted by atomic mass is 10.1. The number of nitrogens with one attached hydrogen (secondary N) is 1. The Labute approximate surface area is 144 Å². The molecule has 0 aromatic heterocycles. The van der Waals surface area contributed by atoms with Crippen LogP contribution in [0.15, 0.2) is 48.0 Å². The molecule has 2 aromatic rings. The Morgan fingerprint density at radius 1 is 1.00 bits per heavy atom. The van der Waals surface area contributed by atoms with Crippen molar-refractivity contribution in [2.45, 2.75) is 13.8 Å². The number of nitrogens with zero attached hydrogens (tertiary/aromatic N) is 1. The van der Waals surface area contributed by atoms with Crippen molar-refractivity contribution in [3.63, 3.8) is 0 Å². The highest BCUT2D eigenvalue weighted by Gasteiger charge is 2.36. The number of barbiturate groups is 1. The van der Waals surface area contributed by atoms with Crippen LogP contribution in [0.4, 0.5) is 10.5 Å². The molecular formula is C19H16N2O4. The molecule has 0 atom stereocenters. The van der Waals surface area contributed by atoms with Crippen LogP contribution in [-0.2, 0) is 9.59 Å². The number of carbonyl (C=O) groups is 3. The summed E-state index contributed by atoms with van der Waals surface area (Å²) < 4.78 is 0. The minimum Gasteiger partial charge on any atom is -0.508 e. The first-order chi connectivity index (χ1) is 11.8. The number of aryl methyl sites for hydroxylation is 2. The van der Waals surface area contributed by atoms with E-state index in [1.54, 1.807) is 24.3 Å². The van der Waals surface area contributed by atoms with E-state index in [2.05, 4.69) is 5.32 Å². The third kappa shape index (κ3) is 3.28. The topological polar surface area (TPSA) is 86.7 Å². The maximum absolute atomic E-state index is 12.8. The molecule has 0 spiro atoms. The molecule has 126 valence electrons. The van der Waals surface area contributed by atoms with E-state index in [0.29, 0.717) is 11.3 Å². The summed E-state index contributed by atoms with van der Waals surface area (Å²) >= 11 is 0. The number of amides is 4. The molecule has 25 heavy (non-hydrogen) atoms. The monoisotopic (exact) mass is 336 g/mol. The van der Waals surface area contributed by atoms with Crippen LogP contribution in [-0.4, -0.2) is 23.0 Å². The predicted molar refractivity (Wildman–Crippen MR) is 93.0 cm³/mol. The van der Waals surface area contributed by atoms with Gasteiger partial charge in [-0.05, 0) is 60.9 Å². The molecule has 1 heterocycles. The van der Waals surface area contributed by atoms with Crippen molar-refractivity contribution in [2.24, 2.45) is 0 Å². The third-order valence-electron chi connectivity index (χ3n) is 3.75. The van der Waals surface area contributed by atoms with Crippen LogP contribution in [0.3, 0.4) is 0 Å². The second-order valence-corrected chi connectivity index (χ2v) is 5.90. The van der Waals surface area contributed by atoms with Crippen LogP contribution < -0.4 is 10.2 Å². The van der Waals surface area contributed by atoms with Gasteiger partial charge in [-0.3, -0.25) is 14.9 Å². The Bertz CT molecular complexity index is 911. The molecule has 0 radical (unpaired) electrons. The maximum Gasteiger partial charge on any atom is 0.335 e. The Balaban J connectivity index is 2.05. The number of phenolic OH excluding ortho intramolecular Hbond substituents is 1. The lowest BCUT2D eigenvalue weighted by molar-refractivity contribution is -0.122. The van der Waals surface area contributed by atoms with E-state index in [1.807, 2.05) is 19.9 Å². The van der Waals surface area contributed by atoms with Crippen molar-refractivity contribution in [1.29, 1.82) is 0 Å². The SMILES string of the molecule is Cc1cc(C)cc(N2C(=O)NC(=O)C(=Cc3cccc(O)c3)C2=O)c1. The highest BCUT2D eigenvalue weighted by atomic mass is 16.3. The zero-order valence-corrected chi connectivity index (χ0v) is 13.7. The molecule has 0 bridgehead atoms. The molecule has 2 aromatic carbocycles. The summed E-state index contributed by atoms with van der Waals surface area (Å²) in [6.45, 7) is 3.72. The fourth-order valence-electron chi connectivity index (χ4n) is 2.75. The van der Waals surface area contributed by atoms with Crippen LogP contribution in [0.2, 0.25) is 0 Å². The predicted octanol–water partition coefficient (Wildman–Crippen LogP) is 2.68. The molecule has 1 aliphatic rings. The van der Waals surface area contributed by atoms with E-state index in [4.69, 9.17) is 0 Å². The summed E-state index contributed by atoms with van der Waals surface area (Å²) in [5, 5.41) is 11.7. The van der Waals surface area contributed by atoms with Gasteiger partial charge < -0.3 is 5.11 Å². The fourth-order valence-corrected chi connectivity index (χ4v) is 2.75. The van der Waals surface area contributed by atoms with E-state index in [1.165, 1.54) is 18.2 Å². The molecule has 4 amide bonds. The first-order valence-corrected chi connectivity index (χ1v) is 7.64. The van der Waals surface area contributed by atoms with Gasteiger partial charge >= 0.3 is 6.03 Å². The minimum absolute atomic E-state index is 0.0141. The average Bonchev–Trinajstić information content (AvgIpc) is 2.50. The summed E-state index contributed by atoms with van der Waals surface area (Å²) in [5.74, 6) is -1.46. The highest BCUT2D eigenvalue weighted by molar-refractivity contribution is 6.39. The number of benzene rings is 2. The van der Waals surface area contributed by atoms with Gasteiger partial charge in [-0.15, -0.1) is 0 Å². The molecule has 1 aliphatic heterocycles. The van der Waals surface area contributed by atoms with Crippen LogP contribution in [0.1, 0.15) is 16.7 Å². The summed E-state index contributed by atoms with van der Waals surface area (Å²) in [5.41, 5.74) is 2.49. The van der Waals surface area contributed by atoms with Crippen molar-refractivity contribution < 1.29 is 19.5 Å². The van der Waals surface area contributed by atoms with Gasteiger partial charge in [0.2, 0.25) is 0 Å². The molecule has 0 aliphatic carbocycles. The summed E-state index contributed by atoms with van der Waals surface area (Å²) in [6, 6.07) is 10.7. The van der Waals surface area contributed by atoms with Crippen molar-refractivity contribution >= 4 is 29.6 Å². The highest BCUT2D eigenvalue weighted by Crippen LogP contribution is 2.24. The Morgan fingerprint density at radius 2 is 1.68 bits per heavy atom. The molecule has 3 rings (SSSR count). The third-order valence-corrected chi connectivity index (χ3v) is 3.75. The number of rotatable bonds is 2. The molecule has 1 saturated heterocycles. The van der Waals surface area contributed by atoms with Crippen LogP contribution in [0, 0.1) is 13.8 Å². The van der Waals surface area contributed by atoms with Crippen molar-refractivity contribution in [3.8, 4) is 5.75 Å². The van der Waals surface area contributed by atoms with Crippen molar-refractivity contribution in [2.75, 3.05) is 4.90 Å². The van der Waals surface area contributed by atoms with Gasteiger partial charge in [0.25, 0.3) is 11.8 Å². The number of hydrogen-bond acceptors (Lipinski definition) is 4. The summed E-state index contributed by atoms with van der Waals surface area (Å²) in [4.78, 5) is 38.0. The Hall–Kier alpha value is -3.41. The van der Waals surface area contributed by atoms with E-state index < -0.39 is 17.8 Å². The number of urea groups is 1. The Morgan fingerprint density at radius 3 is 2.32 bits per heavy atom. The first-order valence-electron chi connectivity index (χ1n) is 7.64. The molecule has 2 N–H and O–H groups in total. The average molecular weight is 336 g/mol. The Kier molecular flexibility index (Phi) is 4.10. The number of imide groups is 2. The van der Waals surface area contributed by atoms with Gasteiger partial charge in [0, 0.05) is 0 Å². The molecule has 6 nitrogen and oxygen atoms in total. The number of hydrogen-bond donors (Lipinski definition) is 2. The molecule has 0 saturated carbocycles. The molecule has 1 fully saturated rings. The van der Waals surface area contributed by atoms with Crippen molar-refractivity contribution in [1.82, 2.24) is 5.32 Å². The number of aromatic hydroxyl groups is 1. The van der Waals surface area contributed by atoms with Crippen LogP contribution >= 0.6 is 0 Å². The second-order valence-electron chi connectivity index (χ2n) is 5.90. The van der Waals surface area contributed by atoms with Gasteiger partial charge in [0.1, 0.15) is 11.3 Å². The van der Waals surface area contributed by atoms with Crippen LogP contribution in [0.25, 0.3) is 6.08 Å².